The zero-order chi connectivity index (χ0) is 17.2. The third-order valence-electron chi connectivity index (χ3n) is 4.84. The molecule has 1 N–H and O–H groups in total. The summed E-state index contributed by atoms with van der Waals surface area (Å²) in [6.07, 6.45) is 4.43. The van der Waals surface area contributed by atoms with Crippen LogP contribution in [0.3, 0.4) is 0 Å². The van der Waals surface area contributed by atoms with Gasteiger partial charge in [-0.05, 0) is 43.4 Å². The molecule has 1 aliphatic carbocycles. The van der Waals surface area contributed by atoms with Gasteiger partial charge in [0.05, 0.1) is 18.9 Å². The minimum atomic E-state index is 0.154. The number of hydrogen-bond donors (Lipinski definition) is 1. The van der Waals surface area contributed by atoms with Gasteiger partial charge in [0.1, 0.15) is 11.6 Å². The number of carbonyl (C=O) groups excluding carboxylic acids is 1. The monoisotopic (exact) mass is 358 g/mol. The number of likely N-dealkylation sites (tertiary alicyclic amines) is 1. The van der Waals surface area contributed by atoms with Crippen LogP contribution in [0.25, 0.3) is 0 Å². The topological polar surface area (TPSA) is 71.1 Å². The summed E-state index contributed by atoms with van der Waals surface area (Å²) >= 11 is 1.42. The maximum atomic E-state index is 12.7. The quantitative estimate of drug-likeness (QED) is 0.803. The highest BCUT2D eigenvalue weighted by Gasteiger charge is 2.30. The number of nitrogens with zero attached hydrogens (tertiary/aromatic N) is 3. The second-order valence-corrected chi connectivity index (χ2v) is 7.53. The Bertz CT molecular complexity index is 742. The van der Waals surface area contributed by atoms with Gasteiger partial charge in [-0.3, -0.25) is 9.89 Å². The summed E-state index contributed by atoms with van der Waals surface area (Å²) < 4.78 is 5.22. The first-order valence-corrected chi connectivity index (χ1v) is 9.71. The molecule has 1 saturated heterocycles. The van der Waals surface area contributed by atoms with Gasteiger partial charge in [0.25, 0.3) is 0 Å². The van der Waals surface area contributed by atoms with E-state index in [0.29, 0.717) is 16.8 Å². The van der Waals surface area contributed by atoms with Crippen molar-refractivity contribution in [2.24, 2.45) is 0 Å². The third kappa shape index (κ3) is 3.66. The van der Waals surface area contributed by atoms with Crippen LogP contribution in [-0.4, -0.2) is 45.4 Å². The molecule has 1 unspecified atom stereocenters. The Morgan fingerprint density at radius 3 is 2.84 bits per heavy atom. The molecule has 1 aromatic heterocycles. The van der Waals surface area contributed by atoms with Crippen LogP contribution in [0.4, 0.5) is 0 Å². The van der Waals surface area contributed by atoms with E-state index in [9.17, 15) is 4.79 Å². The minimum Gasteiger partial charge on any atom is -0.497 e. The first kappa shape index (κ1) is 16.4. The van der Waals surface area contributed by atoms with Crippen molar-refractivity contribution in [3.63, 3.8) is 0 Å². The molecule has 25 heavy (non-hydrogen) atoms. The molecule has 6 nitrogen and oxygen atoms in total. The molecule has 0 bridgehead atoms. The minimum absolute atomic E-state index is 0.154. The van der Waals surface area contributed by atoms with Gasteiger partial charge in [-0.15, -0.1) is 5.10 Å². The van der Waals surface area contributed by atoms with Crippen molar-refractivity contribution in [2.45, 2.75) is 42.8 Å². The summed E-state index contributed by atoms with van der Waals surface area (Å²) in [5, 5.41) is 7.88. The first-order valence-electron chi connectivity index (χ1n) is 8.73. The molecule has 1 amide bonds. The smallest absolute Gasteiger partial charge is 0.233 e. The Balaban J connectivity index is 1.37. The van der Waals surface area contributed by atoms with E-state index in [1.165, 1.54) is 30.2 Å². The van der Waals surface area contributed by atoms with Crippen LogP contribution >= 0.6 is 11.8 Å². The number of nitrogens with one attached hydrogen (secondary N) is 1. The molecule has 2 aromatic rings. The normalized spacial score (nSPS) is 20.0. The second-order valence-electron chi connectivity index (χ2n) is 6.58. The number of hydrogen-bond acceptors (Lipinski definition) is 5. The molecule has 2 heterocycles. The van der Waals surface area contributed by atoms with Crippen LogP contribution in [0.5, 0.6) is 5.75 Å². The lowest BCUT2D eigenvalue weighted by atomic mass is 10.0. The lowest BCUT2D eigenvalue weighted by Crippen LogP contribution is -2.32. The number of H-pyrrole nitrogens is 1. The van der Waals surface area contributed by atoms with Crippen LogP contribution in [0.15, 0.2) is 29.4 Å². The first-order chi connectivity index (χ1) is 12.2. The number of rotatable bonds is 6. The molecular formula is C18H22N4O2S. The lowest BCUT2D eigenvalue weighted by Gasteiger charge is -2.25. The Kier molecular flexibility index (Phi) is 4.65. The molecule has 2 fully saturated rings. The molecule has 2 aliphatic rings. The fourth-order valence-corrected chi connectivity index (χ4v) is 4.00. The predicted octanol–water partition coefficient (Wildman–Crippen LogP) is 3.15. The number of carbonyl (C=O) groups is 1. The van der Waals surface area contributed by atoms with Gasteiger partial charge in [-0.1, -0.05) is 23.9 Å². The number of benzene rings is 1. The summed E-state index contributed by atoms with van der Waals surface area (Å²) in [5.74, 6) is 2.89. The summed E-state index contributed by atoms with van der Waals surface area (Å²) in [6.45, 7) is 0.817. The van der Waals surface area contributed by atoms with E-state index in [2.05, 4.69) is 27.3 Å². The van der Waals surface area contributed by atoms with Crippen molar-refractivity contribution in [3.05, 3.63) is 35.7 Å². The zero-order valence-electron chi connectivity index (χ0n) is 14.3. The maximum Gasteiger partial charge on any atom is 0.233 e. The zero-order valence-corrected chi connectivity index (χ0v) is 15.1. The standard InChI is InChI=1S/C18H22N4O2S/c1-24-14-8-6-12(7-9-14)15-3-2-10-22(15)16(23)11-25-18-19-17(20-21-18)13-4-5-13/h6-9,13,15H,2-5,10-11H2,1H3,(H,19,20,21). The Morgan fingerprint density at radius 1 is 1.32 bits per heavy atom. The van der Waals surface area contributed by atoms with E-state index in [-0.39, 0.29) is 11.9 Å². The molecule has 4 rings (SSSR count). The van der Waals surface area contributed by atoms with Gasteiger partial charge in [0.2, 0.25) is 11.1 Å². The van der Waals surface area contributed by atoms with Crippen molar-refractivity contribution >= 4 is 17.7 Å². The van der Waals surface area contributed by atoms with Gasteiger partial charge >= 0.3 is 0 Å². The lowest BCUT2D eigenvalue weighted by molar-refractivity contribution is -0.129. The van der Waals surface area contributed by atoms with Gasteiger partial charge in [-0.25, -0.2) is 4.98 Å². The molecule has 1 saturated carbocycles. The van der Waals surface area contributed by atoms with Gasteiger partial charge in [0.15, 0.2) is 0 Å². The Hall–Kier alpha value is -2.02. The van der Waals surface area contributed by atoms with E-state index in [4.69, 9.17) is 4.74 Å². The van der Waals surface area contributed by atoms with Crippen LogP contribution in [0.2, 0.25) is 0 Å². The fraction of sp³-hybridized carbons (Fsp3) is 0.500. The highest BCUT2D eigenvalue weighted by Crippen LogP contribution is 2.38. The van der Waals surface area contributed by atoms with Crippen LogP contribution in [0, 0.1) is 0 Å². The molecule has 1 atom stereocenters. The fourth-order valence-electron chi connectivity index (χ4n) is 3.31. The average molecular weight is 358 g/mol. The molecule has 7 heteroatoms. The van der Waals surface area contributed by atoms with Gasteiger partial charge in [0, 0.05) is 12.5 Å². The van der Waals surface area contributed by atoms with Crippen LogP contribution in [-0.2, 0) is 4.79 Å². The average Bonchev–Trinajstić information content (AvgIpc) is 3.20. The van der Waals surface area contributed by atoms with Crippen molar-refractivity contribution in [1.29, 1.82) is 0 Å². The van der Waals surface area contributed by atoms with Crippen molar-refractivity contribution < 1.29 is 9.53 Å². The second kappa shape index (κ2) is 7.07. The van der Waals surface area contributed by atoms with E-state index < -0.39 is 0 Å². The summed E-state index contributed by atoms with van der Waals surface area (Å²) in [4.78, 5) is 19.2. The van der Waals surface area contributed by atoms with E-state index in [1.807, 2.05) is 17.0 Å². The largest absolute Gasteiger partial charge is 0.497 e. The summed E-state index contributed by atoms with van der Waals surface area (Å²) in [5.41, 5.74) is 1.17. The Labute approximate surface area is 151 Å². The van der Waals surface area contributed by atoms with Crippen molar-refractivity contribution in [1.82, 2.24) is 20.1 Å². The molecule has 0 spiro atoms. The van der Waals surface area contributed by atoms with Crippen LogP contribution in [0.1, 0.15) is 49.0 Å². The van der Waals surface area contributed by atoms with Gasteiger partial charge in [-0.2, -0.15) is 0 Å². The summed E-state index contributed by atoms with van der Waals surface area (Å²) in [6, 6.07) is 8.18. The highest BCUT2D eigenvalue weighted by molar-refractivity contribution is 7.99. The van der Waals surface area contributed by atoms with Crippen molar-refractivity contribution in [3.8, 4) is 5.75 Å². The number of amides is 1. The van der Waals surface area contributed by atoms with Gasteiger partial charge < -0.3 is 9.64 Å². The van der Waals surface area contributed by atoms with E-state index >= 15 is 0 Å². The number of thioether (sulfide) groups is 1. The number of aromatic amines is 1. The number of methoxy groups -OCH3 is 1. The molecule has 0 radical (unpaired) electrons. The van der Waals surface area contributed by atoms with Crippen LogP contribution < -0.4 is 4.74 Å². The maximum absolute atomic E-state index is 12.7. The SMILES string of the molecule is COc1ccc(C2CCCN2C(=O)CSc2n[nH]c(C3CC3)n2)cc1. The van der Waals surface area contributed by atoms with E-state index in [0.717, 1.165) is 31.0 Å². The van der Waals surface area contributed by atoms with E-state index in [1.54, 1.807) is 7.11 Å². The molecular weight excluding hydrogens is 336 g/mol. The van der Waals surface area contributed by atoms with Crippen molar-refractivity contribution in [2.75, 3.05) is 19.4 Å². The number of ether oxygens (including phenoxy) is 1. The predicted molar refractivity (Wildman–Crippen MR) is 95.8 cm³/mol. The third-order valence-corrected chi connectivity index (χ3v) is 5.68. The Morgan fingerprint density at radius 2 is 2.12 bits per heavy atom. The molecule has 1 aromatic carbocycles. The molecule has 132 valence electrons. The summed E-state index contributed by atoms with van der Waals surface area (Å²) in [7, 11) is 1.66. The number of aromatic nitrogens is 3. The molecule has 1 aliphatic heterocycles. The highest BCUT2D eigenvalue weighted by atomic mass is 32.2.